The maximum Gasteiger partial charge on any atom is 0.0840 e. The molecule has 1 fully saturated rings. The molecule has 84 valence electrons. The van der Waals surface area contributed by atoms with E-state index in [1.54, 1.807) is 0 Å². The third-order valence-electron chi connectivity index (χ3n) is 3.24. The van der Waals surface area contributed by atoms with E-state index < -0.39 is 0 Å². The zero-order valence-corrected chi connectivity index (χ0v) is 10.4. The lowest BCUT2D eigenvalue weighted by Crippen LogP contribution is -2.19. The molecule has 1 heterocycles. The van der Waals surface area contributed by atoms with Gasteiger partial charge in [0.05, 0.1) is 12.7 Å². The third kappa shape index (κ3) is 4.00. The lowest BCUT2D eigenvalue weighted by atomic mass is 9.82. The Morgan fingerprint density at radius 1 is 1.07 bits per heavy atom. The van der Waals surface area contributed by atoms with E-state index in [1.165, 1.54) is 12.8 Å². The predicted octanol–water partition coefficient (Wildman–Crippen LogP) is 3.73. The van der Waals surface area contributed by atoms with E-state index in [-0.39, 0.29) is 0 Å². The van der Waals surface area contributed by atoms with Gasteiger partial charge in [0.25, 0.3) is 0 Å². The summed E-state index contributed by atoms with van der Waals surface area (Å²) in [5.41, 5.74) is 0. The van der Waals surface area contributed by atoms with Crippen molar-refractivity contribution in [2.24, 2.45) is 23.7 Å². The molecular weight excluding hydrogens is 172 g/mol. The first kappa shape index (κ1) is 12.0. The lowest BCUT2D eigenvalue weighted by molar-refractivity contribution is 0.221. The molecule has 0 aliphatic carbocycles. The molecule has 1 rings (SSSR count). The molecule has 1 aliphatic rings. The van der Waals surface area contributed by atoms with Crippen LogP contribution < -0.4 is 0 Å². The molecule has 0 saturated carbocycles. The predicted molar refractivity (Wildman–Crippen MR) is 61.3 cm³/mol. The van der Waals surface area contributed by atoms with E-state index in [0.717, 1.165) is 30.3 Å². The van der Waals surface area contributed by atoms with Gasteiger partial charge in [-0.1, -0.05) is 34.6 Å². The smallest absolute Gasteiger partial charge is 0.0840 e. The number of hydrogen-bond acceptors (Lipinski definition) is 1. The Morgan fingerprint density at radius 2 is 1.64 bits per heavy atom. The molecule has 0 aromatic heterocycles. The summed E-state index contributed by atoms with van der Waals surface area (Å²) in [5, 5.41) is 0. The molecule has 0 N–H and O–H groups in total. The minimum Gasteiger partial charge on any atom is -0.373 e. The molecule has 0 amide bonds. The van der Waals surface area contributed by atoms with Crippen molar-refractivity contribution in [3.05, 3.63) is 0 Å². The highest BCUT2D eigenvalue weighted by Crippen LogP contribution is 2.33. The van der Waals surface area contributed by atoms with Gasteiger partial charge < -0.3 is 4.74 Å². The molecule has 0 spiro atoms. The standard InChI is InChI=1S/C13H26O/c1-9(2)6-11(5)7-12(10(3)4)13-8-14-13/h9-13H,6-8H2,1-5H3. The average molecular weight is 198 g/mol. The molecule has 0 aromatic carbocycles. The molecule has 1 aliphatic heterocycles. The molecule has 0 radical (unpaired) electrons. The maximum atomic E-state index is 5.44. The summed E-state index contributed by atoms with van der Waals surface area (Å²) >= 11 is 0. The fraction of sp³-hybridized carbons (Fsp3) is 1.00. The maximum absolute atomic E-state index is 5.44. The van der Waals surface area contributed by atoms with Crippen molar-refractivity contribution >= 4 is 0 Å². The normalized spacial score (nSPS) is 25.5. The Balaban J connectivity index is 2.31. The highest BCUT2D eigenvalue weighted by Gasteiger charge is 2.35. The zero-order valence-electron chi connectivity index (χ0n) is 10.4. The molecule has 14 heavy (non-hydrogen) atoms. The highest BCUT2D eigenvalue weighted by molar-refractivity contribution is 4.82. The van der Waals surface area contributed by atoms with Gasteiger partial charge in [0.1, 0.15) is 0 Å². The summed E-state index contributed by atoms with van der Waals surface area (Å²) in [6.07, 6.45) is 3.29. The van der Waals surface area contributed by atoms with Crippen LogP contribution in [0.15, 0.2) is 0 Å². The van der Waals surface area contributed by atoms with E-state index in [2.05, 4.69) is 34.6 Å². The van der Waals surface area contributed by atoms with Crippen LogP contribution in [0, 0.1) is 23.7 Å². The van der Waals surface area contributed by atoms with Crippen LogP contribution in [0.25, 0.3) is 0 Å². The van der Waals surface area contributed by atoms with Crippen LogP contribution in [0.3, 0.4) is 0 Å². The summed E-state index contributed by atoms with van der Waals surface area (Å²) in [6.45, 7) is 12.7. The molecule has 3 unspecified atom stereocenters. The van der Waals surface area contributed by atoms with Crippen LogP contribution in [-0.2, 0) is 4.74 Å². The van der Waals surface area contributed by atoms with Crippen molar-refractivity contribution < 1.29 is 4.74 Å². The molecule has 3 atom stereocenters. The van der Waals surface area contributed by atoms with E-state index in [9.17, 15) is 0 Å². The summed E-state index contributed by atoms with van der Waals surface area (Å²) in [4.78, 5) is 0. The van der Waals surface area contributed by atoms with Crippen LogP contribution in [0.1, 0.15) is 47.5 Å². The highest BCUT2D eigenvalue weighted by atomic mass is 16.6. The Kier molecular flexibility index (Phi) is 4.43. The van der Waals surface area contributed by atoms with Gasteiger partial charge in [-0.3, -0.25) is 0 Å². The second-order valence-electron chi connectivity index (χ2n) is 5.75. The third-order valence-corrected chi connectivity index (χ3v) is 3.24. The zero-order chi connectivity index (χ0) is 10.7. The van der Waals surface area contributed by atoms with Gasteiger partial charge in [-0.05, 0) is 36.5 Å². The van der Waals surface area contributed by atoms with Gasteiger partial charge in [-0.25, -0.2) is 0 Å². The molecule has 0 aromatic rings. The van der Waals surface area contributed by atoms with Gasteiger partial charge in [-0.2, -0.15) is 0 Å². The van der Waals surface area contributed by atoms with Crippen LogP contribution in [0.4, 0.5) is 0 Å². The summed E-state index contributed by atoms with van der Waals surface area (Å²) in [5.74, 6) is 3.25. The van der Waals surface area contributed by atoms with Crippen molar-refractivity contribution in [3.8, 4) is 0 Å². The van der Waals surface area contributed by atoms with Crippen LogP contribution in [-0.4, -0.2) is 12.7 Å². The Bertz CT molecular complexity index is 157. The lowest BCUT2D eigenvalue weighted by Gasteiger charge is -2.23. The first-order chi connectivity index (χ1) is 6.50. The quantitative estimate of drug-likeness (QED) is 0.592. The molecule has 1 saturated heterocycles. The molecular formula is C13H26O. The van der Waals surface area contributed by atoms with Gasteiger partial charge in [0.15, 0.2) is 0 Å². The number of epoxide rings is 1. The van der Waals surface area contributed by atoms with Crippen molar-refractivity contribution in [2.75, 3.05) is 6.61 Å². The van der Waals surface area contributed by atoms with Crippen LogP contribution in [0.2, 0.25) is 0 Å². The molecule has 0 bridgehead atoms. The van der Waals surface area contributed by atoms with E-state index in [1.807, 2.05) is 0 Å². The second kappa shape index (κ2) is 5.16. The van der Waals surface area contributed by atoms with Crippen LogP contribution in [0.5, 0.6) is 0 Å². The van der Waals surface area contributed by atoms with Gasteiger partial charge in [0.2, 0.25) is 0 Å². The minimum atomic E-state index is 0.588. The second-order valence-corrected chi connectivity index (χ2v) is 5.75. The van der Waals surface area contributed by atoms with Crippen LogP contribution >= 0.6 is 0 Å². The van der Waals surface area contributed by atoms with E-state index >= 15 is 0 Å². The molecule has 1 heteroatoms. The van der Waals surface area contributed by atoms with Gasteiger partial charge >= 0.3 is 0 Å². The minimum absolute atomic E-state index is 0.588. The Morgan fingerprint density at radius 3 is 2.00 bits per heavy atom. The largest absolute Gasteiger partial charge is 0.373 e. The van der Waals surface area contributed by atoms with E-state index in [4.69, 9.17) is 4.74 Å². The fourth-order valence-corrected chi connectivity index (χ4v) is 2.52. The number of rotatable bonds is 6. The Hall–Kier alpha value is -0.0400. The number of hydrogen-bond donors (Lipinski definition) is 0. The SMILES string of the molecule is CC(C)CC(C)CC(C(C)C)C1CO1. The molecule has 1 nitrogen and oxygen atoms in total. The first-order valence-electron chi connectivity index (χ1n) is 6.12. The summed E-state index contributed by atoms with van der Waals surface area (Å²) < 4.78 is 5.44. The van der Waals surface area contributed by atoms with Crippen molar-refractivity contribution in [2.45, 2.75) is 53.6 Å². The van der Waals surface area contributed by atoms with Gasteiger partial charge in [-0.15, -0.1) is 0 Å². The fourth-order valence-electron chi connectivity index (χ4n) is 2.52. The topological polar surface area (TPSA) is 12.5 Å². The first-order valence-corrected chi connectivity index (χ1v) is 6.12. The van der Waals surface area contributed by atoms with E-state index in [0.29, 0.717) is 6.10 Å². The Labute approximate surface area is 89.2 Å². The number of ether oxygens (including phenoxy) is 1. The van der Waals surface area contributed by atoms with Crippen molar-refractivity contribution in [1.29, 1.82) is 0 Å². The summed E-state index contributed by atoms with van der Waals surface area (Å²) in [6, 6.07) is 0. The van der Waals surface area contributed by atoms with Gasteiger partial charge in [0, 0.05) is 0 Å². The van der Waals surface area contributed by atoms with Crippen molar-refractivity contribution in [1.82, 2.24) is 0 Å². The average Bonchev–Trinajstić information content (AvgIpc) is 2.80. The monoisotopic (exact) mass is 198 g/mol. The van der Waals surface area contributed by atoms with Crippen molar-refractivity contribution in [3.63, 3.8) is 0 Å². The summed E-state index contributed by atoms with van der Waals surface area (Å²) in [7, 11) is 0.